The van der Waals surface area contributed by atoms with Crippen molar-refractivity contribution in [2.75, 3.05) is 26.4 Å². The maximum absolute atomic E-state index is 15.3. The van der Waals surface area contributed by atoms with E-state index in [1.54, 1.807) is 12.1 Å². The summed E-state index contributed by atoms with van der Waals surface area (Å²) in [6, 6.07) is 15.0. The van der Waals surface area contributed by atoms with Crippen LogP contribution in [0.25, 0.3) is 11.1 Å². The Morgan fingerprint density at radius 1 is 0.918 bits per heavy atom. The number of aryl methyl sites for hydroxylation is 1. The van der Waals surface area contributed by atoms with Crippen molar-refractivity contribution in [2.45, 2.75) is 124 Å². The molecule has 0 spiro atoms. The Hall–Kier alpha value is -2.82. The summed E-state index contributed by atoms with van der Waals surface area (Å²) in [5, 5.41) is 0. The summed E-state index contributed by atoms with van der Waals surface area (Å²) in [5.41, 5.74) is 6.36. The van der Waals surface area contributed by atoms with Crippen LogP contribution < -0.4 is 9.47 Å². The van der Waals surface area contributed by atoms with Gasteiger partial charge in [0.15, 0.2) is 14.1 Å². The zero-order valence-corrected chi connectivity index (χ0v) is 32.5. The van der Waals surface area contributed by atoms with Crippen LogP contribution in [0.5, 0.6) is 11.6 Å². The molecule has 1 saturated heterocycles. The van der Waals surface area contributed by atoms with Crippen LogP contribution in [-0.4, -0.2) is 51.6 Å². The van der Waals surface area contributed by atoms with Crippen LogP contribution in [0.1, 0.15) is 97.2 Å². The smallest absolute Gasteiger partial charge is 0.213 e. The van der Waals surface area contributed by atoms with Crippen molar-refractivity contribution in [2.24, 2.45) is 0 Å². The van der Waals surface area contributed by atoms with Crippen LogP contribution in [0.15, 0.2) is 48.5 Å². The normalized spacial score (nSPS) is 16.9. The molecule has 2 heterocycles. The molecule has 0 unspecified atom stereocenters. The van der Waals surface area contributed by atoms with E-state index in [0.29, 0.717) is 66.8 Å². The highest BCUT2D eigenvalue weighted by molar-refractivity contribution is 6.77. The lowest BCUT2D eigenvalue weighted by molar-refractivity contribution is -0.141. The second-order valence-electron chi connectivity index (χ2n) is 14.5. The molecule has 3 aromatic rings. The van der Waals surface area contributed by atoms with Gasteiger partial charge < -0.3 is 28.1 Å². The number of benzene rings is 2. The van der Waals surface area contributed by atoms with Crippen molar-refractivity contribution in [3.05, 3.63) is 76.7 Å². The zero-order chi connectivity index (χ0) is 35.9. The minimum Gasteiger partial charge on any atom is -0.489 e. The maximum atomic E-state index is 15.3. The third kappa shape index (κ3) is 9.50. The Balaban J connectivity index is 1.40. The number of pyridine rings is 1. The molecular weight excluding hydrogens is 638 g/mol. The number of ether oxygens (including phenoxy) is 5. The molecular formula is C40H58FNO6Si. The van der Waals surface area contributed by atoms with Gasteiger partial charge >= 0.3 is 0 Å². The van der Waals surface area contributed by atoms with Crippen LogP contribution in [0.4, 0.5) is 4.39 Å². The first-order valence-electron chi connectivity index (χ1n) is 17.9. The molecule has 0 N–H and O–H groups in total. The summed E-state index contributed by atoms with van der Waals surface area (Å²) in [7, 11) is -1.94. The molecule has 2 aromatic carbocycles. The molecule has 7 nitrogen and oxygen atoms in total. The van der Waals surface area contributed by atoms with E-state index in [2.05, 4.69) is 58.7 Å². The summed E-state index contributed by atoms with van der Waals surface area (Å²) < 4.78 is 51.8. The van der Waals surface area contributed by atoms with Gasteiger partial charge in [0.1, 0.15) is 30.9 Å². The van der Waals surface area contributed by atoms with Gasteiger partial charge in [-0.05, 0) is 98.6 Å². The number of rotatable bonds is 17. The fraction of sp³-hybridized carbons (Fsp3) is 0.575. The second kappa shape index (κ2) is 16.9. The van der Waals surface area contributed by atoms with Crippen molar-refractivity contribution in [3.63, 3.8) is 0 Å². The van der Waals surface area contributed by atoms with Gasteiger partial charge in [0, 0.05) is 36.1 Å². The topological polar surface area (TPSA) is 68.3 Å². The standard InChI is InChI=1S/C40H58FNO6Si/c1-12-43-37(21-22-47-49(26(2)3,27(4)5)28(6)7)31-13-16-33(17-14-31)44-23-32-15-19-36(41)39(29(32)8)35-18-20-38(42-30(35)9)45-24-34-25-46-40(10,11)48-34/h13-20,26-28,34,37H,12,21-25H2,1-11H3/t34-,37-/m0/s1. The van der Waals surface area contributed by atoms with E-state index in [0.717, 1.165) is 34.4 Å². The molecule has 0 aliphatic carbocycles. The lowest BCUT2D eigenvalue weighted by atomic mass is 9.95. The molecule has 9 heteroatoms. The Labute approximate surface area is 295 Å². The van der Waals surface area contributed by atoms with E-state index in [9.17, 15) is 0 Å². The van der Waals surface area contributed by atoms with Crippen LogP contribution >= 0.6 is 0 Å². The summed E-state index contributed by atoms with van der Waals surface area (Å²) in [6.07, 6.45) is 0.585. The predicted octanol–water partition coefficient (Wildman–Crippen LogP) is 10.3. The number of hydrogen-bond acceptors (Lipinski definition) is 7. The number of nitrogens with zero attached hydrogens (tertiary/aromatic N) is 1. The van der Waals surface area contributed by atoms with Gasteiger partial charge in [-0.15, -0.1) is 0 Å². The largest absolute Gasteiger partial charge is 0.489 e. The lowest BCUT2D eigenvalue weighted by Crippen LogP contribution is -2.48. The Morgan fingerprint density at radius 2 is 1.59 bits per heavy atom. The number of aromatic nitrogens is 1. The fourth-order valence-electron chi connectivity index (χ4n) is 7.44. The van der Waals surface area contributed by atoms with Crippen molar-refractivity contribution in [1.82, 2.24) is 4.98 Å². The highest BCUT2D eigenvalue weighted by Crippen LogP contribution is 2.42. The lowest BCUT2D eigenvalue weighted by Gasteiger charge is -2.42. The Bertz CT molecular complexity index is 1490. The molecule has 49 heavy (non-hydrogen) atoms. The average molecular weight is 696 g/mol. The van der Waals surface area contributed by atoms with E-state index < -0.39 is 14.1 Å². The minimum absolute atomic E-state index is 0.0509. The highest BCUT2D eigenvalue weighted by atomic mass is 28.4. The third-order valence-corrected chi connectivity index (χ3v) is 15.9. The maximum Gasteiger partial charge on any atom is 0.213 e. The molecule has 1 aliphatic heterocycles. The monoisotopic (exact) mass is 695 g/mol. The van der Waals surface area contributed by atoms with Gasteiger partial charge in [0.05, 0.1) is 12.7 Å². The van der Waals surface area contributed by atoms with Crippen LogP contribution in [0.2, 0.25) is 16.6 Å². The van der Waals surface area contributed by atoms with Gasteiger partial charge in [0.2, 0.25) is 5.88 Å². The first kappa shape index (κ1) is 39.0. The SMILES string of the molecule is CCO[C@@H](CCO[Si](C(C)C)(C(C)C)C(C)C)c1ccc(OCc2ccc(F)c(-c3ccc(OC[C@H]4COC(C)(C)O4)nc3C)c2C)cc1. The second-order valence-corrected chi connectivity index (χ2v) is 20.0. The van der Waals surface area contributed by atoms with Gasteiger partial charge in [-0.2, -0.15) is 0 Å². The molecule has 0 saturated carbocycles. The first-order chi connectivity index (χ1) is 23.2. The zero-order valence-electron chi connectivity index (χ0n) is 31.5. The number of hydrogen-bond donors (Lipinski definition) is 0. The highest BCUT2D eigenvalue weighted by Gasteiger charge is 2.45. The van der Waals surface area contributed by atoms with E-state index in [4.69, 9.17) is 28.1 Å². The molecule has 1 aromatic heterocycles. The van der Waals surface area contributed by atoms with Gasteiger partial charge in [-0.1, -0.05) is 59.7 Å². The summed E-state index contributed by atoms with van der Waals surface area (Å²) in [6.45, 7) is 25.9. The van der Waals surface area contributed by atoms with Gasteiger partial charge in [0.25, 0.3) is 0 Å². The van der Waals surface area contributed by atoms with E-state index in [-0.39, 0.29) is 18.0 Å². The number of halogens is 1. The van der Waals surface area contributed by atoms with Crippen LogP contribution in [0.3, 0.4) is 0 Å². The third-order valence-electron chi connectivity index (χ3n) is 9.79. The quantitative estimate of drug-likeness (QED) is 0.130. The minimum atomic E-state index is -1.94. The Morgan fingerprint density at radius 3 is 2.16 bits per heavy atom. The van der Waals surface area contributed by atoms with Crippen molar-refractivity contribution < 1.29 is 32.5 Å². The van der Waals surface area contributed by atoms with Crippen molar-refractivity contribution >= 4 is 8.32 Å². The van der Waals surface area contributed by atoms with Gasteiger partial charge in [-0.3, -0.25) is 0 Å². The molecule has 0 radical (unpaired) electrons. The summed E-state index contributed by atoms with van der Waals surface area (Å²) in [4.78, 5) is 4.61. The Kier molecular flexibility index (Phi) is 13.5. The average Bonchev–Trinajstić information content (AvgIpc) is 3.40. The molecule has 1 fully saturated rings. The van der Waals surface area contributed by atoms with Gasteiger partial charge in [-0.25, -0.2) is 9.37 Å². The fourth-order valence-corrected chi connectivity index (χ4v) is 12.9. The van der Waals surface area contributed by atoms with Crippen LogP contribution in [-0.2, 0) is 25.2 Å². The molecule has 2 atom stereocenters. The summed E-state index contributed by atoms with van der Waals surface area (Å²) >= 11 is 0. The summed E-state index contributed by atoms with van der Waals surface area (Å²) in [5.74, 6) is 0.293. The molecule has 1 aliphatic rings. The van der Waals surface area contributed by atoms with E-state index in [1.807, 2.05) is 52.8 Å². The molecule has 0 amide bonds. The van der Waals surface area contributed by atoms with Crippen molar-refractivity contribution in [1.29, 1.82) is 0 Å². The van der Waals surface area contributed by atoms with Crippen molar-refractivity contribution in [3.8, 4) is 22.8 Å². The molecule has 4 rings (SSSR count). The van der Waals surface area contributed by atoms with Crippen LogP contribution in [0, 0.1) is 19.7 Å². The van der Waals surface area contributed by atoms with E-state index in [1.165, 1.54) is 6.07 Å². The first-order valence-corrected chi connectivity index (χ1v) is 20.0. The predicted molar refractivity (Wildman–Crippen MR) is 196 cm³/mol. The molecule has 270 valence electrons. The molecule has 0 bridgehead atoms. The van der Waals surface area contributed by atoms with E-state index >= 15 is 4.39 Å².